The molecule has 4 fully saturated rings. The van der Waals surface area contributed by atoms with Crippen molar-refractivity contribution in [1.29, 1.82) is 10.5 Å². The normalized spacial score (nSPS) is 29.6. The van der Waals surface area contributed by atoms with E-state index >= 15 is 0 Å². The van der Waals surface area contributed by atoms with Crippen molar-refractivity contribution < 1.29 is 81.6 Å². The molecule has 14 rings (SSSR count). The van der Waals surface area contributed by atoms with Crippen LogP contribution in [0.25, 0.3) is 0 Å². The fourth-order valence-electron chi connectivity index (χ4n) is 15.9. The van der Waals surface area contributed by atoms with Crippen molar-refractivity contribution >= 4 is 53.2 Å². The second-order valence-corrected chi connectivity index (χ2v) is 26.0. The van der Waals surface area contributed by atoms with Gasteiger partial charge in [0.15, 0.2) is 46.0 Å². The number of thioether (sulfide) groups is 2. The maximum Gasteiger partial charge on any atom is 0.375 e. The zero-order chi connectivity index (χ0) is 62.4. The summed E-state index contributed by atoms with van der Waals surface area (Å²) in [6.45, 7) is 9.58. The summed E-state index contributed by atoms with van der Waals surface area (Å²) in [5.74, 6) is 0.0982. The fourth-order valence-corrected chi connectivity index (χ4v) is 18.7. The Morgan fingerprint density at radius 1 is 0.625 bits per heavy atom. The Morgan fingerprint density at radius 2 is 1.06 bits per heavy atom. The van der Waals surface area contributed by atoms with E-state index in [0.29, 0.717) is 92.2 Å². The summed E-state index contributed by atoms with van der Waals surface area (Å²) < 4.78 is 58.4. The summed E-state index contributed by atoms with van der Waals surface area (Å²) in [6.07, 6.45) is 1.01. The van der Waals surface area contributed by atoms with E-state index in [1.165, 1.54) is 51.6 Å². The van der Waals surface area contributed by atoms with E-state index in [2.05, 4.69) is 31.7 Å². The molecule has 0 spiro atoms. The van der Waals surface area contributed by atoms with Gasteiger partial charge in [-0.2, -0.15) is 10.5 Å². The average molecular weight is 1240 g/mol. The number of nitriles is 2. The summed E-state index contributed by atoms with van der Waals surface area (Å²) in [6, 6.07) is 3.17. The van der Waals surface area contributed by atoms with Gasteiger partial charge >= 0.3 is 23.9 Å². The molecule has 4 N–H and O–H groups in total. The number of ketones is 1. The number of aryl methyl sites for hydroxylation is 2. The Bertz CT molecular complexity index is 3810. The number of nitrogens with zero attached hydrogens (tertiary/aromatic N) is 6. The topological polar surface area (TPSA) is 305 Å². The maximum atomic E-state index is 13.0. The maximum absolute atomic E-state index is 13.0. The molecule has 24 nitrogen and oxygen atoms in total. The molecule has 0 radical (unpaired) electrons. The first-order valence-electron chi connectivity index (χ1n) is 28.9. The number of aromatic hydroxyl groups is 2. The number of cyclic esters (lactones) is 2. The third kappa shape index (κ3) is 8.67. The van der Waals surface area contributed by atoms with Crippen LogP contribution in [0.1, 0.15) is 115 Å². The van der Waals surface area contributed by atoms with Crippen LogP contribution in [0.5, 0.6) is 57.5 Å². The van der Waals surface area contributed by atoms with Gasteiger partial charge in [0.05, 0.1) is 66.8 Å². The Hall–Kier alpha value is -7.69. The number of ether oxygens (including phenoxy) is 10. The molecule has 8 bridgehead atoms. The van der Waals surface area contributed by atoms with E-state index in [4.69, 9.17) is 53.1 Å². The highest BCUT2D eigenvalue weighted by atomic mass is 32.2. The molecule has 0 amide bonds. The summed E-state index contributed by atoms with van der Waals surface area (Å²) >= 11 is 2.66. The lowest BCUT2D eigenvalue weighted by molar-refractivity contribution is -0.157. The molecule has 10 aliphatic rings. The van der Waals surface area contributed by atoms with Crippen molar-refractivity contribution in [3.63, 3.8) is 0 Å². The highest BCUT2D eigenvalue weighted by molar-refractivity contribution is 8.00. The number of fused-ring (bicyclic) bond motifs is 18. The number of benzene rings is 4. The van der Waals surface area contributed by atoms with Crippen LogP contribution >= 0.6 is 23.5 Å². The zero-order valence-electron chi connectivity index (χ0n) is 49.9. The van der Waals surface area contributed by atoms with E-state index in [0.717, 1.165) is 33.4 Å². The second-order valence-electron chi connectivity index (χ2n) is 23.7. The highest BCUT2D eigenvalue weighted by Gasteiger charge is 2.63. The number of methoxy groups -OCH3 is 2. The predicted molar refractivity (Wildman–Crippen MR) is 313 cm³/mol. The minimum atomic E-state index is -0.949. The Balaban J connectivity index is 0.000000162. The van der Waals surface area contributed by atoms with E-state index < -0.39 is 94.5 Å². The number of hydrogen-bond acceptors (Lipinski definition) is 26. The quantitative estimate of drug-likeness (QED) is 0.132. The van der Waals surface area contributed by atoms with Gasteiger partial charge in [-0.15, -0.1) is 23.5 Å². The number of hydrogen-bond donors (Lipinski definition) is 3. The van der Waals surface area contributed by atoms with Crippen molar-refractivity contribution in [3.8, 4) is 69.6 Å². The van der Waals surface area contributed by atoms with E-state index in [1.807, 2.05) is 47.0 Å². The minimum absolute atomic E-state index is 0.0240. The van der Waals surface area contributed by atoms with Gasteiger partial charge < -0.3 is 63.3 Å². The largest absolute Gasteiger partial charge is 0.504 e. The van der Waals surface area contributed by atoms with Crippen molar-refractivity contribution in [1.82, 2.24) is 19.6 Å². The number of phenols is 2. The van der Waals surface area contributed by atoms with Gasteiger partial charge in [-0.05, 0) is 76.9 Å². The average Bonchev–Trinajstić information content (AvgIpc) is 0.814. The first kappa shape index (κ1) is 59.3. The number of likely N-dealkylation sites (N-methyl/N-ethyl adjacent to an activating group) is 2. The third-order valence-electron chi connectivity index (χ3n) is 19.2. The lowest BCUT2D eigenvalue weighted by atomic mass is 9.71. The lowest BCUT2D eigenvalue weighted by Gasteiger charge is -2.61. The smallest absolute Gasteiger partial charge is 0.375 e. The van der Waals surface area contributed by atoms with Crippen molar-refractivity contribution in [3.05, 3.63) is 78.9 Å². The van der Waals surface area contributed by atoms with Gasteiger partial charge in [0.25, 0.3) is 0 Å². The molecule has 0 aromatic heterocycles. The summed E-state index contributed by atoms with van der Waals surface area (Å²) in [7, 11) is 6.96. The Kier molecular flexibility index (Phi) is 14.9. The van der Waals surface area contributed by atoms with Crippen LogP contribution in [0.2, 0.25) is 0 Å². The Morgan fingerprint density at radius 3 is 1.49 bits per heavy atom. The molecule has 4 aromatic rings. The summed E-state index contributed by atoms with van der Waals surface area (Å²) in [5, 5.41) is 44.0. The van der Waals surface area contributed by atoms with Crippen molar-refractivity contribution in [2.45, 2.75) is 131 Å². The van der Waals surface area contributed by atoms with Gasteiger partial charge in [0.2, 0.25) is 19.4 Å². The monoisotopic (exact) mass is 1240 g/mol. The van der Waals surface area contributed by atoms with Crippen LogP contribution in [0, 0.1) is 50.4 Å². The van der Waals surface area contributed by atoms with Gasteiger partial charge in [-0.1, -0.05) is 12.1 Å². The third-order valence-corrected chi connectivity index (χ3v) is 22.0. The molecule has 462 valence electrons. The number of rotatable bonds is 4. The van der Waals surface area contributed by atoms with Crippen LogP contribution in [0.3, 0.4) is 0 Å². The molecule has 4 aromatic carbocycles. The van der Waals surface area contributed by atoms with Gasteiger partial charge in [0.1, 0.15) is 42.8 Å². The first-order chi connectivity index (χ1) is 42.2. The van der Waals surface area contributed by atoms with E-state index in [1.54, 1.807) is 6.92 Å². The number of carbonyl (C=O) groups is 5. The predicted octanol–water partition coefficient (Wildman–Crippen LogP) is 5.36. The fraction of sp³-hybridized carbons (Fsp3) is 0.500. The second kappa shape index (κ2) is 22.1. The standard InChI is InChI=1S/C31H34N4O8S.C31H31N3O9S/c1-12-6-15-7-17-18(8-32)35-19-9-40-31(38)16(33)10-44-30(24(35)23(34(17)4)20(15)25(37)26(12)39-5)22-21(19)29-28(41-11-42-29)13(2)27(22)43-14(3)36;1-12-6-15-7-16-17(8-32)34-18-9-40-31(38)19(36)10-44-30(24(34)23(33(16)4)20(15)25(37)26(12)39-5)22-21(18)29-28(41-11-42-29)13(2)27(22)43-14(3)35/h6,16-19,23-24,30,37H,7,9-11,33H2,1-5H3;6,16-18,23-24,30,37H,7,9-11H2,1-5H3/t16-,17?,18-,19-,23+,24+,30+;16?,17-,18-,23+,24+,30+/m00/s1. The molecule has 2 unspecified atom stereocenters. The number of nitrogens with two attached hydrogens (primary N) is 1. The zero-order valence-corrected chi connectivity index (χ0v) is 51.5. The molecule has 13 atom stereocenters. The number of phenolic OH excluding ortho intramolecular Hbond substituents is 2. The van der Waals surface area contributed by atoms with Crippen molar-refractivity contribution in [2.75, 3.05) is 66.6 Å². The molecule has 0 aliphatic carbocycles. The Labute approximate surface area is 514 Å². The van der Waals surface area contributed by atoms with Gasteiger partial charge in [-0.3, -0.25) is 38.8 Å². The molecule has 26 heteroatoms. The molecular weight excluding hydrogens is 1180 g/mol. The van der Waals surface area contributed by atoms with Crippen LogP contribution < -0.4 is 43.6 Å². The van der Waals surface area contributed by atoms with Crippen LogP contribution in [0.4, 0.5) is 0 Å². The minimum Gasteiger partial charge on any atom is -0.504 e. The molecule has 10 heterocycles. The van der Waals surface area contributed by atoms with Crippen molar-refractivity contribution in [2.24, 2.45) is 5.73 Å². The molecule has 10 aliphatic heterocycles. The highest BCUT2D eigenvalue weighted by Crippen LogP contribution is 2.66. The molecule has 4 saturated heterocycles. The number of esters is 4. The van der Waals surface area contributed by atoms with Gasteiger partial charge in [-0.25, -0.2) is 4.79 Å². The SMILES string of the molecule is COc1c(C)cc2c(c1O)[C@@H]1[C@@H]3[C@@H]4SCC(=O)C(=O)OC[C@@H](c5c6c(c(C)c(OC(C)=O)c54)OCO6)N3[C@@H](C#N)C(C2)N1C.COc1c(C)cc2c(c1O)[C@@H]1[C@@H]3[C@@H]4SC[C@H](N)C(=O)OC[C@@H](c5c6c(c(C)c(OC(C)=O)c54)OCO6)N3[C@@H](C#N)C(C2)N1C. The molecule has 88 heavy (non-hydrogen) atoms. The number of piperazine rings is 2. The number of Topliss-reactive ketones (excluding diaryl/α,β-unsaturated/α-hetero) is 1. The summed E-state index contributed by atoms with van der Waals surface area (Å²) in [4.78, 5) is 72.2. The summed E-state index contributed by atoms with van der Waals surface area (Å²) in [5.41, 5.74) is 15.0. The van der Waals surface area contributed by atoms with Crippen LogP contribution in [-0.4, -0.2) is 168 Å². The van der Waals surface area contributed by atoms with Crippen LogP contribution in [-0.2, 0) is 46.3 Å². The molecular formula is C62H65N7O17S2. The van der Waals surface area contributed by atoms with E-state index in [9.17, 15) is 44.7 Å². The lowest BCUT2D eigenvalue weighted by Crippen LogP contribution is -2.69. The van der Waals surface area contributed by atoms with Crippen LogP contribution in [0.15, 0.2) is 12.1 Å². The van der Waals surface area contributed by atoms with Gasteiger partial charge in [0, 0.05) is 88.3 Å². The first-order valence-corrected chi connectivity index (χ1v) is 31.0. The molecule has 0 saturated carbocycles. The number of carbonyl (C=O) groups excluding carboxylic acids is 5. The van der Waals surface area contributed by atoms with E-state index in [-0.39, 0.29) is 61.9 Å².